The highest BCUT2D eigenvalue weighted by Crippen LogP contribution is 2.05. The summed E-state index contributed by atoms with van der Waals surface area (Å²) in [6, 6.07) is 0. The van der Waals surface area contributed by atoms with Gasteiger partial charge in [0.2, 0.25) is 0 Å². The van der Waals surface area contributed by atoms with Crippen LogP contribution in [0, 0.1) is 20.8 Å². The maximum atomic E-state index is 5.10. The molecule has 2 heterocycles. The molecule has 0 atom stereocenters. The summed E-state index contributed by atoms with van der Waals surface area (Å²) in [6.07, 6.45) is 4.08. The van der Waals surface area contributed by atoms with E-state index in [1.165, 1.54) is 32.4 Å². The summed E-state index contributed by atoms with van der Waals surface area (Å²) < 4.78 is 5.10. The van der Waals surface area contributed by atoms with Crippen molar-refractivity contribution >= 4 is 0 Å². The molecule has 1 aliphatic heterocycles. The van der Waals surface area contributed by atoms with E-state index in [1.807, 2.05) is 20.8 Å². The summed E-state index contributed by atoms with van der Waals surface area (Å²) >= 11 is 0. The van der Waals surface area contributed by atoms with Crippen molar-refractivity contribution in [2.24, 2.45) is 0 Å². The van der Waals surface area contributed by atoms with Crippen LogP contribution < -0.4 is 0 Å². The van der Waals surface area contributed by atoms with Crippen LogP contribution in [-0.2, 0) is 0 Å². The molecule has 0 bridgehead atoms. The van der Waals surface area contributed by atoms with Gasteiger partial charge in [-0.25, -0.2) is 4.98 Å². The molecule has 0 radical (unpaired) electrons. The third kappa shape index (κ3) is 7.97. The second kappa shape index (κ2) is 9.23. The van der Waals surface area contributed by atoms with E-state index in [2.05, 4.69) is 30.8 Å². The Balaban J connectivity index is 0.000000252. The van der Waals surface area contributed by atoms with Crippen LogP contribution in [0.5, 0.6) is 0 Å². The minimum Gasteiger partial charge on any atom is -0.446 e. The Morgan fingerprint density at radius 1 is 1.12 bits per heavy atom. The van der Waals surface area contributed by atoms with Crippen LogP contribution in [0.1, 0.15) is 50.5 Å². The summed E-state index contributed by atoms with van der Waals surface area (Å²) in [6.45, 7) is 12.6. The molecule has 3 heteroatoms. The van der Waals surface area contributed by atoms with Crippen LogP contribution in [0.2, 0.25) is 0 Å². The van der Waals surface area contributed by atoms with Gasteiger partial charge in [0.15, 0.2) is 5.89 Å². The van der Waals surface area contributed by atoms with Crippen molar-refractivity contribution < 1.29 is 4.42 Å². The average molecular weight is 240 g/mol. The van der Waals surface area contributed by atoms with Crippen LogP contribution in [0.15, 0.2) is 4.42 Å². The average Bonchev–Trinajstić information content (AvgIpc) is 2.80. The fourth-order valence-electron chi connectivity index (χ4n) is 1.51. The molecule has 0 N–H and O–H groups in total. The molecule has 0 saturated carbocycles. The number of hydrogen-bond donors (Lipinski definition) is 0. The number of aromatic nitrogens is 1. The second-order valence-corrected chi connectivity index (χ2v) is 4.59. The van der Waals surface area contributed by atoms with Gasteiger partial charge in [-0.3, -0.25) is 0 Å². The molecule has 1 saturated heterocycles. The highest BCUT2D eigenvalue weighted by Gasteiger charge is 2.03. The molecule has 100 valence electrons. The molecule has 17 heavy (non-hydrogen) atoms. The van der Waals surface area contributed by atoms with E-state index in [0.29, 0.717) is 0 Å². The Morgan fingerprint density at radius 3 is 1.71 bits per heavy atom. The molecule has 0 amide bonds. The van der Waals surface area contributed by atoms with Crippen molar-refractivity contribution in [1.82, 2.24) is 9.88 Å². The van der Waals surface area contributed by atoms with Crippen LogP contribution in [0.25, 0.3) is 0 Å². The number of hydrogen-bond acceptors (Lipinski definition) is 3. The summed E-state index contributed by atoms with van der Waals surface area (Å²) in [5.41, 5.74) is 0.988. The van der Waals surface area contributed by atoms with E-state index in [-0.39, 0.29) is 0 Å². The van der Waals surface area contributed by atoms with Gasteiger partial charge in [-0.05, 0) is 46.8 Å². The molecule has 1 fully saturated rings. The largest absolute Gasteiger partial charge is 0.446 e. The Labute approximate surface area is 106 Å². The van der Waals surface area contributed by atoms with Crippen molar-refractivity contribution in [3.8, 4) is 0 Å². The SMILES string of the molecule is CCC.CN1CCCC1.Cc1nc(C)c(C)o1. The lowest BCUT2D eigenvalue weighted by molar-refractivity contribution is 0.418. The van der Waals surface area contributed by atoms with Crippen LogP contribution in [0.4, 0.5) is 0 Å². The van der Waals surface area contributed by atoms with Crippen LogP contribution in [0.3, 0.4) is 0 Å². The predicted octanol–water partition coefficient (Wildman–Crippen LogP) is 3.73. The van der Waals surface area contributed by atoms with E-state index in [1.54, 1.807) is 0 Å². The second-order valence-electron chi connectivity index (χ2n) is 4.59. The smallest absolute Gasteiger partial charge is 0.191 e. The third-order valence-corrected chi connectivity index (χ3v) is 2.47. The highest BCUT2D eigenvalue weighted by molar-refractivity contribution is 5.03. The molecular weight excluding hydrogens is 212 g/mol. The van der Waals surface area contributed by atoms with Gasteiger partial charge in [-0.15, -0.1) is 0 Å². The lowest BCUT2D eigenvalue weighted by atomic mass is 10.4. The van der Waals surface area contributed by atoms with E-state index >= 15 is 0 Å². The quantitative estimate of drug-likeness (QED) is 0.692. The zero-order valence-electron chi connectivity index (χ0n) is 12.3. The van der Waals surface area contributed by atoms with Gasteiger partial charge < -0.3 is 9.32 Å². The minimum atomic E-state index is 0.750. The Hall–Kier alpha value is -0.830. The van der Waals surface area contributed by atoms with Gasteiger partial charge in [-0.1, -0.05) is 20.3 Å². The summed E-state index contributed by atoms with van der Waals surface area (Å²) in [4.78, 5) is 6.41. The van der Waals surface area contributed by atoms with Crippen molar-refractivity contribution in [2.75, 3.05) is 20.1 Å². The van der Waals surface area contributed by atoms with Gasteiger partial charge >= 0.3 is 0 Å². The highest BCUT2D eigenvalue weighted by atomic mass is 16.4. The fraction of sp³-hybridized carbons (Fsp3) is 0.786. The Bertz CT molecular complexity index is 269. The zero-order chi connectivity index (χ0) is 13.3. The molecule has 0 aromatic carbocycles. The molecule has 1 aromatic heterocycles. The first-order valence-electron chi connectivity index (χ1n) is 6.60. The molecule has 0 unspecified atom stereocenters. The molecule has 2 rings (SSSR count). The summed E-state index contributed by atoms with van der Waals surface area (Å²) in [7, 11) is 2.17. The first kappa shape index (κ1) is 16.2. The van der Waals surface area contributed by atoms with Crippen molar-refractivity contribution in [3.05, 3.63) is 17.3 Å². The summed E-state index contributed by atoms with van der Waals surface area (Å²) in [5, 5.41) is 0. The number of nitrogens with zero attached hydrogens (tertiary/aromatic N) is 2. The van der Waals surface area contributed by atoms with Crippen LogP contribution in [-0.4, -0.2) is 30.0 Å². The fourth-order valence-corrected chi connectivity index (χ4v) is 1.51. The van der Waals surface area contributed by atoms with E-state index in [4.69, 9.17) is 4.42 Å². The lowest BCUT2D eigenvalue weighted by Crippen LogP contribution is -2.10. The van der Waals surface area contributed by atoms with Gasteiger partial charge in [-0.2, -0.15) is 0 Å². The van der Waals surface area contributed by atoms with Crippen molar-refractivity contribution in [1.29, 1.82) is 0 Å². The van der Waals surface area contributed by atoms with Gasteiger partial charge in [0.1, 0.15) is 5.76 Å². The van der Waals surface area contributed by atoms with Crippen molar-refractivity contribution in [3.63, 3.8) is 0 Å². The standard InChI is InChI=1S/C6H9NO.C5H11N.C3H8/c1-4-5(2)8-6(3)7-4;1-6-4-2-3-5-6;1-3-2/h1-3H3;2-5H2,1H3;3H2,1-2H3. The minimum absolute atomic E-state index is 0.750. The van der Waals surface area contributed by atoms with E-state index in [0.717, 1.165) is 17.3 Å². The van der Waals surface area contributed by atoms with Crippen LogP contribution >= 0.6 is 0 Å². The first-order chi connectivity index (χ1) is 8.01. The topological polar surface area (TPSA) is 29.3 Å². The lowest BCUT2D eigenvalue weighted by Gasteiger charge is -2.01. The number of aryl methyl sites for hydroxylation is 3. The Kier molecular flexibility index (Phi) is 8.78. The van der Waals surface area contributed by atoms with Gasteiger partial charge in [0.25, 0.3) is 0 Å². The normalized spacial score (nSPS) is 14.7. The zero-order valence-corrected chi connectivity index (χ0v) is 12.3. The van der Waals surface area contributed by atoms with E-state index in [9.17, 15) is 0 Å². The molecule has 3 nitrogen and oxygen atoms in total. The molecule has 1 aromatic rings. The molecular formula is C14H28N2O. The van der Waals surface area contributed by atoms with Gasteiger partial charge in [0, 0.05) is 6.92 Å². The third-order valence-electron chi connectivity index (χ3n) is 2.47. The molecule has 1 aliphatic rings. The van der Waals surface area contributed by atoms with Gasteiger partial charge in [0.05, 0.1) is 5.69 Å². The molecule has 0 aliphatic carbocycles. The Morgan fingerprint density at radius 2 is 1.59 bits per heavy atom. The maximum Gasteiger partial charge on any atom is 0.191 e. The van der Waals surface area contributed by atoms with E-state index < -0.39 is 0 Å². The number of oxazole rings is 1. The monoisotopic (exact) mass is 240 g/mol. The first-order valence-corrected chi connectivity index (χ1v) is 6.60. The molecule has 0 spiro atoms. The predicted molar refractivity (Wildman–Crippen MR) is 73.4 cm³/mol. The number of likely N-dealkylation sites (tertiary alicyclic amines) is 1. The van der Waals surface area contributed by atoms with Crippen molar-refractivity contribution in [2.45, 2.75) is 53.9 Å². The summed E-state index contributed by atoms with van der Waals surface area (Å²) in [5.74, 6) is 1.67. The number of rotatable bonds is 0. The maximum absolute atomic E-state index is 5.10.